The average molecular weight is 406 g/mol. The van der Waals surface area contributed by atoms with Gasteiger partial charge in [0.1, 0.15) is 11.5 Å². The van der Waals surface area contributed by atoms with Gasteiger partial charge in [0.05, 0.1) is 39.2 Å². The van der Waals surface area contributed by atoms with Gasteiger partial charge in [0, 0.05) is 6.42 Å². The van der Waals surface area contributed by atoms with Crippen LogP contribution in [-0.2, 0) is 0 Å². The molecular formula is C23H22N2O5. The number of hydrazone groups is 1. The molecule has 0 saturated carbocycles. The zero-order chi connectivity index (χ0) is 21.1. The van der Waals surface area contributed by atoms with Crippen molar-refractivity contribution < 1.29 is 23.4 Å². The van der Waals surface area contributed by atoms with Crippen LogP contribution in [0.25, 0.3) is 0 Å². The van der Waals surface area contributed by atoms with Gasteiger partial charge >= 0.3 is 0 Å². The molecule has 1 aromatic heterocycles. The van der Waals surface area contributed by atoms with E-state index in [0.29, 0.717) is 40.7 Å². The molecule has 0 radical (unpaired) electrons. The molecule has 0 unspecified atom stereocenters. The third kappa shape index (κ3) is 3.39. The number of benzene rings is 2. The Morgan fingerprint density at radius 2 is 1.73 bits per heavy atom. The van der Waals surface area contributed by atoms with Gasteiger partial charge in [-0.2, -0.15) is 5.10 Å². The van der Waals surface area contributed by atoms with Crippen LogP contribution in [0.15, 0.2) is 70.4 Å². The van der Waals surface area contributed by atoms with E-state index < -0.39 is 0 Å². The maximum Gasteiger partial charge on any atom is 0.278 e. The summed E-state index contributed by atoms with van der Waals surface area (Å²) in [6, 6.07) is 16.5. The lowest BCUT2D eigenvalue weighted by molar-refractivity contribution is 0.0707. The molecule has 154 valence electrons. The number of furan rings is 1. The Hall–Kier alpha value is -3.74. The molecule has 1 amide bonds. The number of rotatable bonds is 6. The third-order valence-corrected chi connectivity index (χ3v) is 5.04. The molecule has 1 atom stereocenters. The fourth-order valence-corrected chi connectivity index (χ4v) is 3.62. The zero-order valence-corrected chi connectivity index (χ0v) is 17.0. The lowest BCUT2D eigenvalue weighted by Gasteiger charge is -2.23. The van der Waals surface area contributed by atoms with Crippen LogP contribution in [0.2, 0.25) is 0 Å². The smallest absolute Gasteiger partial charge is 0.278 e. The molecule has 7 nitrogen and oxygen atoms in total. The summed E-state index contributed by atoms with van der Waals surface area (Å²) in [4.78, 5) is 13.6. The maximum absolute atomic E-state index is 13.6. The first-order valence-electron chi connectivity index (χ1n) is 9.46. The molecule has 1 aliphatic rings. The SMILES string of the molecule is COc1ccc(C(=O)N2N=C(c3ccco3)C[C@H]2c2ccccc2)c(OC)c1OC. The van der Waals surface area contributed by atoms with E-state index in [-0.39, 0.29) is 11.9 Å². The number of methoxy groups -OCH3 is 3. The molecule has 0 aliphatic carbocycles. The van der Waals surface area contributed by atoms with E-state index in [1.54, 1.807) is 24.5 Å². The molecule has 0 saturated heterocycles. The quantitative estimate of drug-likeness (QED) is 0.610. The number of nitrogens with zero attached hydrogens (tertiary/aromatic N) is 2. The lowest BCUT2D eigenvalue weighted by Crippen LogP contribution is -2.27. The van der Waals surface area contributed by atoms with Gasteiger partial charge in [0.15, 0.2) is 11.5 Å². The van der Waals surface area contributed by atoms with Crippen molar-refractivity contribution in [1.82, 2.24) is 5.01 Å². The first kappa shape index (κ1) is 19.6. The van der Waals surface area contributed by atoms with E-state index in [9.17, 15) is 4.79 Å². The number of carbonyl (C=O) groups excluding carboxylic acids is 1. The van der Waals surface area contributed by atoms with Crippen molar-refractivity contribution in [3.05, 3.63) is 77.7 Å². The van der Waals surface area contributed by atoms with Crippen molar-refractivity contribution in [3.8, 4) is 17.2 Å². The highest BCUT2D eigenvalue weighted by Gasteiger charge is 2.36. The molecule has 4 rings (SSSR count). The van der Waals surface area contributed by atoms with Crippen LogP contribution in [0.5, 0.6) is 17.2 Å². The van der Waals surface area contributed by atoms with Crippen molar-refractivity contribution in [2.75, 3.05) is 21.3 Å². The molecular weight excluding hydrogens is 384 g/mol. The van der Waals surface area contributed by atoms with Crippen LogP contribution in [0.4, 0.5) is 0 Å². The van der Waals surface area contributed by atoms with Crippen LogP contribution in [-0.4, -0.2) is 38.0 Å². The maximum atomic E-state index is 13.6. The summed E-state index contributed by atoms with van der Waals surface area (Å²) < 4.78 is 21.8. The van der Waals surface area contributed by atoms with Gasteiger partial charge in [0.2, 0.25) is 5.75 Å². The Morgan fingerprint density at radius 1 is 0.967 bits per heavy atom. The largest absolute Gasteiger partial charge is 0.493 e. The third-order valence-electron chi connectivity index (χ3n) is 5.04. The van der Waals surface area contributed by atoms with E-state index >= 15 is 0 Å². The first-order chi connectivity index (χ1) is 14.7. The minimum Gasteiger partial charge on any atom is -0.493 e. The standard InChI is InChI=1S/C23H22N2O5/c1-27-20-12-11-16(21(28-2)22(20)29-3)23(26)25-18(15-8-5-4-6-9-15)14-17(24-25)19-10-7-13-30-19/h4-13,18H,14H2,1-3H3/t18-/m0/s1. The van der Waals surface area contributed by atoms with Gasteiger partial charge in [-0.25, -0.2) is 5.01 Å². The van der Waals surface area contributed by atoms with Crippen molar-refractivity contribution in [2.24, 2.45) is 5.10 Å². The molecule has 0 N–H and O–H groups in total. The summed E-state index contributed by atoms with van der Waals surface area (Å²) >= 11 is 0. The van der Waals surface area contributed by atoms with Gasteiger partial charge in [0.25, 0.3) is 5.91 Å². The molecule has 0 bridgehead atoms. The summed E-state index contributed by atoms with van der Waals surface area (Å²) in [5.41, 5.74) is 2.03. The molecule has 2 heterocycles. The highest BCUT2D eigenvalue weighted by Crippen LogP contribution is 2.42. The van der Waals surface area contributed by atoms with E-state index in [0.717, 1.165) is 5.56 Å². The van der Waals surface area contributed by atoms with Crippen molar-refractivity contribution >= 4 is 11.6 Å². The normalized spacial score (nSPS) is 15.6. The van der Waals surface area contributed by atoms with Crippen LogP contribution in [0, 0.1) is 0 Å². The predicted octanol–water partition coefficient (Wildman–Crippen LogP) is 4.30. The second-order valence-corrected chi connectivity index (χ2v) is 6.69. The monoisotopic (exact) mass is 406 g/mol. The number of ether oxygens (including phenoxy) is 3. The Kier molecular flexibility index (Phi) is 5.43. The average Bonchev–Trinajstić information content (AvgIpc) is 3.48. The number of hydrogen-bond acceptors (Lipinski definition) is 6. The number of amides is 1. The topological polar surface area (TPSA) is 73.5 Å². The molecule has 30 heavy (non-hydrogen) atoms. The highest BCUT2D eigenvalue weighted by molar-refractivity contribution is 6.04. The number of carbonyl (C=O) groups is 1. The Morgan fingerprint density at radius 3 is 2.37 bits per heavy atom. The second-order valence-electron chi connectivity index (χ2n) is 6.69. The molecule has 0 spiro atoms. The van der Waals surface area contributed by atoms with Crippen molar-refractivity contribution in [2.45, 2.75) is 12.5 Å². The minimum absolute atomic E-state index is 0.267. The summed E-state index contributed by atoms with van der Waals surface area (Å²) in [6.07, 6.45) is 2.14. The second kappa shape index (κ2) is 8.32. The molecule has 7 heteroatoms. The lowest BCUT2D eigenvalue weighted by atomic mass is 10.0. The summed E-state index contributed by atoms with van der Waals surface area (Å²) in [5, 5.41) is 6.10. The van der Waals surface area contributed by atoms with E-state index in [1.807, 2.05) is 36.4 Å². The van der Waals surface area contributed by atoms with Crippen molar-refractivity contribution in [3.63, 3.8) is 0 Å². The van der Waals surface area contributed by atoms with E-state index in [1.165, 1.54) is 26.3 Å². The van der Waals surface area contributed by atoms with Gasteiger partial charge in [-0.1, -0.05) is 30.3 Å². The summed E-state index contributed by atoms with van der Waals surface area (Å²) in [7, 11) is 4.53. The van der Waals surface area contributed by atoms with Gasteiger partial charge < -0.3 is 18.6 Å². The van der Waals surface area contributed by atoms with Crippen LogP contribution >= 0.6 is 0 Å². The van der Waals surface area contributed by atoms with Gasteiger partial charge in [-0.05, 0) is 29.8 Å². The van der Waals surface area contributed by atoms with Crippen LogP contribution in [0.1, 0.15) is 34.1 Å². The first-order valence-corrected chi connectivity index (χ1v) is 9.46. The fraction of sp³-hybridized carbons (Fsp3) is 0.217. The summed E-state index contributed by atoms with van der Waals surface area (Å²) in [5.74, 6) is 1.48. The van der Waals surface area contributed by atoms with Crippen LogP contribution in [0.3, 0.4) is 0 Å². The molecule has 0 fully saturated rings. The summed E-state index contributed by atoms with van der Waals surface area (Å²) in [6.45, 7) is 0. The Bertz CT molecular complexity index is 1060. The van der Waals surface area contributed by atoms with Gasteiger partial charge in [-0.3, -0.25) is 4.79 Å². The Balaban J connectivity index is 1.78. The highest BCUT2D eigenvalue weighted by atomic mass is 16.5. The molecule has 1 aliphatic heterocycles. The van der Waals surface area contributed by atoms with Crippen LogP contribution < -0.4 is 14.2 Å². The zero-order valence-electron chi connectivity index (χ0n) is 17.0. The van der Waals surface area contributed by atoms with E-state index in [4.69, 9.17) is 18.6 Å². The molecule has 3 aromatic rings. The van der Waals surface area contributed by atoms with E-state index in [2.05, 4.69) is 5.10 Å². The Labute approximate surface area is 174 Å². The fourth-order valence-electron chi connectivity index (χ4n) is 3.62. The van der Waals surface area contributed by atoms with Gasteiger partial charge in [-0.15, -0.1) is 0 Å². The minimum atomic E-state index is -0.303. The molecule has 2 aromatic carbocycles. The predicted molar refractivity (Wildman–Crippen MR) is 111 cm³/mol. The number of hydrogen-bond donors (Lipinski definition) is 0. The van der Waals surface area contributed by atoms with Crippen molar-refractivity contribution in [1.29, 1.82) is 0 Å².